The molecule has 0 aromatic carbocycles. The molecule has 0 bridgehead atoms. The zero-order valence-corrected chi connectivity index (χ0v) is 27.2. The molecule has 0 aliphatic heterocycles. The predicted molar refractivity (Wildman–Crippen MR) is 167 cm³/mol. The van der Waals surface area contributed by atoms with Gasteiger partial charge in [-0.25, -0.2) is 0 Å². The van der Waals surface area contributed by atoms with E-state index in [4.69, 9.17) is 9.47 Å². The Kier molecular flexibility index (Phi) is 26.4. The zero-order chi connectivity index (χ0) is 29.1. The summed E-state index contributed by atoms with van der Waals surface area (Å²) >= 11 is 0. The summed E-state index contributed by atoms with van der Waals surface area (Å²) in [6.07, 6.45) is 24.1. The maximum Gasteiger partial charge on any atom is 0.305 e. The number of ether oxygens (including phenoxy) is 2. The van der Waals surface area contributed by atoms with Gasteiger partial charge in [-0.05, 0) is 62.2 Å². The minimum absolute atomic E-state index is 0.00407. The van der Waals surface area contributed by atoms with Crippen molar-refractivity contribution < 1.29 is 19.1 Å². The highest BCUT2D eigenvalue weighted by atomic mass is 16.5. The van der Waals surface area contributed by atoms with Gasteiger partial charge in [0.25, 0.3) is 0 Å². The van der Waals surface area contributed by atoms with Crippen LogP contribution in [0.15, 0.2) is 0 Å². The molecule has 1 atom stereocenters. The highest BCUT2D eigenvalue weighted by Gasteiger charge is 2.15. The van der Waals surface area contributed by atoms with Crippen LogP contribution in [0, 0.1) is 23.7 Å². The van der Waals surface area contributed by atoms with Crippen molar-refractivity contribution in [3.05, 3.63) is 0 Å². The van der Waals surface area contributed by atoms with E-state index in [9.17, 15) is 9.59 Å². The lowest BCUT2D eigenvalue weighted by molar-refractivity contribution is -0.145. The van der Waals surface area contributed by atoms with Crippen LogP contribution in [0.1, 0.15) is 176 Å². The van der Waals surface area contributed by atoms with Crippen molar-refractivity contribution in [3.63, 3.8) is 0 Å². The number of esters is 2. The van der Waals surface area contributed by atoms with Crippen LogP contribution in [0.4, 0.5) is 0 Å². The van der Waals surface area contributed by atoms with Crippen molar-refractivity contribution in [2.75, 3.05) is 13.2 Å². The Morgan fingerprint density at radius 2 is 0.821 bits per heavy atom. The molecule has 0 spiro atoms. The second kappa shape index (κ2) is 27.1. The van der Waals surface area contributed by atoms with Gasteiger partial charge in [-0.1, -0.05) is 125 Å². The molecular formula is C35H68O4. The average Bonchev–Trinajstić information content (AvgIpc) is 2.87. The summed E-state index contributed by atoms with van der Waals surface area (Å²) in [5, 5.41) is 0. The van der Waals surface area contributed by atoms with Gasteiger partial charge in [0.2, 0.25) is 0 Å². The van der Waals surface area contributed by atoms with Crippen LogP contribution in [-0.4, -0.2) is 25.2 Å². The molecule has 4 heteroatoms. The number of carbonyl (C=O) groups is 2. The molecule has 0 heterocycles. The molecule has 0 saturated carbocycles. The Morgan fingerprint density at radius 1 is 0.436 bits per heavy atom. The first kappa shape index (κ1) is 37.9. The Balaban J connectivity index is 3.53. The van der Waals surface area contributed by atoms with Gasteiger partial charge in [-0.2, -0.15) is 0 Å². The fourth-order valence-electron chi connectivity index (χ4n) is 5.21. The van der Waals surface area contributed by atoms with Crippen molar-refractivity contribution in [1.29, 1.82) is 0 Å². The Hall–Kier alpha value is -1.06. The summed E-state index contributed by atoms with van der Waals surface area (Å²) in [6, 6.07) is 0. The van der Waals surface area contributed by atoms with Crippen molar-refractivity contribution in [1.82, 2.24) is 0 Å². The fraction of sp³-hybridized carbons (Fsp3) is 0.943. The molecule has 39 heavy (non-hydrogen) atoms. The smallest absolute Gasteiger partial charge is 0.305 e. The van der Waals surface area contributed by atoms with Crippen LogP contribution < -0.4 is 0 Å². The van der Waals surface area contributed by atoms with Gasteiger partial charge in [-0.3, -0.25) is 9.59 Å². The maximum absolute atomic E-state index is 12.1. The molecule has 1 unspecified atom stereocenters. The van der Waals surface area contributed by atoms with E-state index in [2.05, 4.69) is 41.5 Å². The second-order valence-corrected chi connectivity index (χ2v) is 13.2. The first-order valence-electron chi connectivity index (χ1n) is 17.0. The molecule has 0 aliphatic rings. The van der Waals surface area contributed by atoms with Crippen LogP contribution in [-0.2, 0) is 19.1 Å². The van der Waals surface area contributed by atoms with E-state index in [-0.39, 0.29) is 11.9 Å². The van der Waals surface area contributed by atoms with Crippen molar-refractivity contribution in [2.24, 2.45) is 23.7 Å². The number of hydrogen-bond donors (Lipinski definition) is 0. The largest absolute Gasteiger partial charge is 0.466 e. The molecule has 0 fully saturated rings. The molecule has 0 rings (SSSR count). The molecule has 0 amide bonds. The maximum atomic E-state index is 12.1. The van der Waals surface area contributed by atoms with Gasteiger partial charge < -0.3 is 9.47 Å². The standard InChI is InChI=1S/C35H68O4/c1-30(2)22-18-20-28-38-34(36)25-17-15-13-11-9-7-8-10-12-14-16-24-33(32(5)6)26-27-35(37)39-29-21-19-23-31(3)4/h30-33H,7-29H2,1-6H3. The topological polar surface area (TPSA) is 52.6 Å². The normalized spacial score (nSPS) is 12.4. The molecule has 0 aromatic heterocycles. The van der Waals surface area contributed by atoms with Gasteiger partial charge >= 0.3 is 11.9 Å². The van der Waals surface area contributed by atoms with Crippen molar-refractivity contribution in [2.45, 2.75) is 176 Å². The van der Waals surface area contributed by atoms with E-state index in [0.717, 1.165) is 56.8 Å². The SMILES string of the molecule is CC(C)CCCCOC(=O)CCCCCCCCCCCCCC(CCC(=O)OCCCCC(C)C)C(C)C. The van der Waals surface area contributed by atoms with E-state index in [0.29, 0.717) is 37.9 Å². The molecule has 0 saturated heterocycles. The molecular weight excluding hydrogens is 484 g/mol. The third kappa shape index (κ3) is 28.3. The number of carbonyl (C=O) groups excluding carboxylic acids is 2. The van der Waals surface area contributed by atoms with E-state index in [1.807, 2.05) is 0 Å². The average molecular weight is 553 g/mol. The molecule has 0 radical (unpaired) electrons. The van der Waals surface area contributed by atoms with Crippen molar-refractivity contribution >= 4 is 11.9 Å². The van der Waals surface area contributed by atoms with E-state index >= 15 is 0 Å². The fourth-order valence-corrected chi connectivity index (χ4v) is 5.21. The molecule has 0 aromatic rings. The van der Waals surface area contributed by atoms with E-state index < -0.39 is 0 Å². The van der Waals surface area contributed by atoms with Gasteiger partial charge in [0.1, 0.15) is 0 Å². The molecule has 0 aliphatic carbocycles. The van der Waals surface area contributed by atoms with E-state index in [1.165, 1.54) is 77.0 Å². The van der Waals surface area contributed by atoms with Gasteiger partial charge in [0.15, 0.2) is 0 Å². The monoisotopic (exact) mass is 553 g/mol. The molecule has 4 nitrogen and oxygen atoms in total. The van der Waals surface area contributed by atoms with Crippen LogP contribution >= 0.6 is 0 Å². The number of rotatable bonds is 28. The first-order valence-corrected chi connectivity index (χ1v) is 17.0. The summed E-state index contributed by atoms with van der Waals surface area (Å²) < 4.78 is 10.8. The molecule has 0 N–H and O–H groups in total. The molecule has 232 valence electrons. The van der Waals surface area contributed by atoms with Crippen LogP contribution in [0.25, 0.3) is 0 Å². The van der Waals surface area contributed by atoms with Crippen molar-refractivity contribution in [3.8, 4) is 0 Å². The lowest BCUT2D eigenvalue weighted by Gasteiger charge is -2.20. The lowest BCUT2D eigenvalue weighted by atomic mass is 9.86. The van der Waals surface area contributed by atoms with Gasteiger partial charge in [-0.15, -0.1) is 0 Å². The highest BCUT2D eigenvalue weighted by Crippen LogP contribution is 2.24. The van der Waals surface area contributed by atoms with Crippen LogP contribution in [0.3, 0.4) is 0 Å². The number of hydrogen-bond acceptors (Lipinski definition) is 4. The summed E-state index contributed by atoms with van der Waals surface area (Å²) in [6.45, 7) is 14.7. The lowest BCUT2D eigenvalue weighted by Crippen LogP contribution is -2.13. The summed E-state index contributed by atoms with van der Waals surface area (Å²) in [5.41, 5.74) is 0. The minimum Gasteiger partial charge on any atom is -0.466 e. The Labute approximate surface area is 244 Å². The second-order valence-electron chi connectivity index (χ2n) is 13.2. The Bertz CT molecular complexity index is 555. The van der Waals surface area contributed by atoms with Gasteiger partial charge in [0, 0.05) is 12.8 Å². The summed E-state index contributed by atoms with van der Waals surface area (Å²) in [4.78, 5) is 23.9. The summed E-state index contributed by atoms with van der Waals surface area (Å²) in [7, 11) is 0. The summed E-state index contributed by atoms with van der Waals surface area (Å²) in [5.74, 6) is 2.72. The third-order valence-electron chi connectivity index (χ3n) is 8.00. The minimum atomic E-state index is -0.00956. The Morgan fingerprint density at radius 3 is 1.26 bits per heavy atom. The van der Waals surface area contributed by atoms with Crippen LogP contribution in [0.2, 0.25) is 0 Å². The first-order chi connectivity index (χ1) is 18.7. The van der Waals surface area contributed by atoms with E-state index in [1.54, 1.807) is 0 Å². The predicted octanol–water partition coefficient (Wildman–Crippen LogP) is 10.8. The number of unbranched alkanes of at least 4 members (excludes halogenated alkanes) is 12. The zero-order valence-electron chi connectivity index (χ0n) is 27.2. The van der Waals surface area contributed by atoms with Crippen LogP contribution in [0.5, 0.6) is 0 Å². The quantitative estimate of drug-likeness (QED) is 0.0715. The highest BCUT2D eigenvalue weighted by molar-refractivity contribution is 5.69. The third-order valence-corrected chi connectivity index (χ3v) is 8.00. The van der Waals surface area contributed by atoms with Gasteiger partial charge in [0.05, 0.1) is 13.2 Å².